The van der Waals surface area contributed by atoms with Gasteiger partial charge in [-0.1, -0.05) is 20.8 Å². The summed E-state index contributed by atoms with van der Waals surface area (Å²) in [6.45, 7) is 7.69. The number of carboxylic acids is 1. The highest BCUT2D eigenvalue weighted by atomic mass is 16.5. The first kappa shape index (κ1) is 15.3. The van der Waals surface area contributed by atoms with Crippen molar-refractivity contribution in [3.8, 4) is 0 Å². The number of amides is 1. The molecule has 114 valence electrons. The Balaban J connectivity index is 1.92. The summed E-state index contributed by atoms with van der Waals surface area (Å²) < 4.78 is 5.87. The molecule has 0 aromatic carbocycles. The molecule has 1 saturated heterocycles. The Bertz CT molecular complexity index is 395. The van der Waals surface area contributed by atoms with Crippen molar-refractivity contribution < 1.29 is 19.4 Å². The van der Waals surface area contributed by atoms with Gasteiger partial charge in [-0.15, -0.1) is 0 Å². The monoisotopic (exact) mass is 283 g/mol. The lowest BCUT2D eigenvalue weighted by atomic mass is 9.78. The number of carbonyl (C=O) groups excluding carboxylic acids is 1. The highest BCUT2D eigenvalue weighted by Gasteiger charge is 2.57. The molecule has 1 aliphatic heterocycles. The molecule has 2 aliphatic rings. The van der Waals surface area contributed by atoms with Crippen molar-refractivity contribution in [2.75, 3.05) is 13.2 Å². The second kappa shape index (κ2) is 5.35. The van der Waals surface area contributed by atoms with Gasteiger partial charge in [0.1, 0.15) is 5.41 Å². The largest absolute Gasteiger partial charge is 0.480 e. The number of carbonyl (C=O) groups is 2. The van der Waals surface area contributed by atoms with Crippen LogP contribution in [-0.2, 0) is 14.3 Å². The van der Waals surface area contributed by atoms with Crippen molar-refractivity contribution in [1.29, 1.82) is 0 Å². The number of hydrogen-bond acceptors (Lipinski definition) is 3. The molecule has 5 heteroatoms. The van der Waals surface area contributed by atoms with Crippen LogP contribution in [0.25, 0.3) is 0 Å². The minimum absolute atomic E-state index is 0.0277. The van der Waals surface area contributed by atoms with E-state index in [1.165, 1.54) is 0 Å². The van der Waals surface area contributed by atoms with E-state index in [4.69, 9.17) is 9.84 Å². The maximum absolute atomic E-state index is 12.0. The number of rotatable bonds is 4. The molecule has 2 fully saturated rings. The van der Waals surface area contributed by atoms with Crippen molar-refractivity contribution in [3.63, 3.8) is 0 Å². The van der Waals surface area contributed by atoms with E-state index in [1.54, 1.807) is 0 Å². The second-order valence-corrected chi connectivity index (χ2v) is 7.16. The minimum Gasteiger partial charge on any atom is -0.480 e. The molecular weight excluding hydrogens is 258 g/mol. The van der Waals surface area contributed by atoms with Crippen molar-refractivity contribution in [1.82, 2.24) is 5.32 Å². The van der Waals surface area contributed by atoms with Gasteiger partial charge in [-0.2, -0.15) is 0 Å². The second-order valence-electron chi connectivity index (χ2n) is 7.16. The van der Waals surface area contributed by atoms with Gasteiger partial charge in [0.2, 0.25) is 5.91 Å². The topological polar surface area (TPSA) is 75.6 Å². The molecule has 2 rings (SSSR count). The minimum atomic E-state index is -1.15. The van der Waals surface area contributed by atoms with Crippen molar-refractivity contribution in [3.05, 3.63) is 0 Å². The molecule has 2 atom stereocenters. The van der Waals surface area contributed by atoms with Crippen LogP contribution in [0.5, 0.6) is 0 Å². The number of aliphatic carboxylic acids is 1. The van der Waals surface area contributed by atoms with E-state index in [-0.39, 0.29) is 23.3 Å². The van der Waals surface area contributed by atoms with Crippen LogP contribution in [0.3, 0.4) is 0 Å². The third kappa shape index (κ3) is 2.97. The lowest BCUT2D eigenvalue weighted by Crippen LogP contribution is -2.47. The summed E-state index contributed by atoms with van der Waals surface area (Å²) in [7, 11) is 0. The first-order chi connectivity index (χ1) is 9.27. The average molecular weight is 283 g/mol. The summed E-state index contributed by atoms with van der Waals surface area (Å²) >= 11 is 0. The van der Waals surface area contributed by atoms with Gasteiger partial charge in [-0.25, -0.2) is 0 Å². The summed E-state index contributed by atoms with van der Waals surface area (Å²) in [5, 5.41) is 11.9. The Kier molecular flexibility index (Phi) is 4.09. The van der Waals surface area contributed by atoms with E-state index in [0.29, 0.717) is 19.4 Å². The lowest BCUT2D eigenvalue weighted by molar-refractivity contribution is -0.149. The van der Waals surface area contributed by atoms with Crippen LogP contribution in [0.1, 0.15) is 46.5 Å². The molecule has 1 aliphatic carbocycles. The van der Waals surface area contributed by atoms with E-state index < -0.39 is 11.4 Å². The third-order valence-electron chi connectivity index (χ3n) is 4.42. The molecule has 0 radical (unpaired) electrons. The molecule has 0 aromatic heterocycles. The van der Waals surface area contributed by atoms with Gasteiger partial charge < -0.3 is 15.2 Å². The first-order valence-electron chi connectivity index (χ1n) is 7.41. The standard InChI is InChI=1S/C15H25NO4/c1-14(2,3)11-10(5-4-8-20-11)9-16-12(17)15(6-7-15)13(18)19/h10-11H,4-9H2,1-3H3,(H,16,17)(H,18,19). The Morgan fingerprint density at radius 3 is 2.50 bits per heavy atom. The highest BCUT2D eigenvalue weighted by molar-refractivity contribution is 6.04. The van der Waals surface area contributed by atoms with Crippen LogP contribution in [0, 0.1) is 16.7 Å². The maximum atomic E-state index is 12.0. The molecule has 2 unspecified atom stereocenters. The fourth-order valence-corrected chi connectivity index (χ4v) is 3.07. The summed E-state index contributed by atoms with van der Waals surface area (Å²) in [5.41, 5.74) is -1.12. The molecule has 2 N–H and O–H groups in total. The van der Waals surface area contributed by atoms with Crippen LogP contribution < -0.4 is 5.32 Å². The zero-order chi connectivity index (χ0) is 15.0. The van der Waals surface area contributed by atoms with Gasteiger partial charge in [-0.3, -0.25) is 9.59 Å². The highest BCUT2D eigenvalue weighted by Crippen LogP contribution is 2.46. The van der Waals surface area contributed by atoms with Gasteiger partial charge in [0.05, 0.1) is 6.10 Å². The molecule has 5 nitrogen and oxygen atoms in total. The summed E-state index contributed by atoms with van der Waals surface area (Å²) in [6, 6.07) is 0. The fourth-order valence-electron chi connectivity index (χ4n) is 3.07. The molecule has 20 heavy (non-hydrogen) atoms. The number of ether oxygens (including phenoxy) is 1. The fraction of sp³-hybridized carbons (Fsp3) is 0.867. The van der Waals surface area contributed by atoms with Gasteiger partial charge in [0.15, 0.2) is 0 Å². The predicted molar refractivity (Wildman–Crippen MR) is 74.2 cm³/mol. The molecule has 0 aromatic rings. The van der Waals surface area contributed by atoms with E-state index in [0.717, 1.165) is 19.4 Å². The van der Waals surface area contributed by atoms with Crippen LogP contribution in [0.15, 0.2) is 0 Å². The molecule has 1 heterocycles. The van der Waals surface area contributed by atoms with E-state index in [1.807, 2.05) is 0 Å². The predicted octanol–water partition coefficient (Wildman–Crippen LogP) is 1.81. The third-order valence-corrected chi connectivity index (χ3v) is 4.42. The van der Waals surface area contributed by atoms with E-state index in [9.17, 15) is 9.59 Å². The zero-order valence-corrected chi connectivity index (χ0v) is 12.6. The van der Waals surface area contributed by atoms with Crippen LogP contribution >= 0.6 is 0 Å². The Morgan fingerprint density at radius 1 is 1.35 bits per heavy atom. The number of nitrogens with one attached hydrogen (secondary N) is 1. The normalized spacial score (nSPS) is 28.8. The Morgan fingerprint density at radius 2 is 2.00 bits per heavy atom. The maximum Gasteiger partial charge on any atom is 0.319 e. The van der Waals surface area contributed by atoms with E-state index in [2.05, 4.69) is 26.1 Å². The van der Waals surface area contributed by atoms with Gasteiger partial charge in [0, 0.05) is 19.1 Å². The lowest BCUT2D eigenvalue weighted by Gasteiger charge is -2.40. The van der Waals surface area contributed by atoms with E-state index >= 15 is 0 Å². The molecule has 1 saturated carbocycles. The van der Waals surface area contributed by atoms with Gasteiger partial charge in [-0.05, 0) is 31.1 Å². The molecular formula is C15H25NO4. The molecule has 1 amide bonds. The Labute approximate surface area is 120 Å². The van der Waals surface area contributed by atoms with Crippen LogP contribution in [-0.4, -0.2) is 36.2 Å². The zero-order valence-electron chi connectivity index (χ0n) is 12.6. The van der Waals surface area contributed by atoms with Crippen LogP contribution in [0.4, 0.5) is 0 Å². The van der Waals surface area contributed by atoms with Crippen molar-refractivity contribution in [2.45, 2.75) is 52.6 Å². The summed E-state index contributed by atoms with van der Waals surface area (Å²) in [5.74, 6) is -1.07. The molecule has 0 spiro atoms. The van der Waals surface area contributed by atoms with Gasteiger partial charge in [0.25, 0.3) is 0 Å². The smallest absolute Gasteiger partial charge is 0.319 e. The quantitative estimate of drug-likeness (QED) is 0.772. The van der Waals surface area contributed by atoms with Gasteiger partial charge >= 0.3 is 5.97 Å². The SMILES string of the molecule is CC(C)(C)C1OCCCC1CNC(=O)C1(C(=O)O)CC1. The average Bonchev–Trinajstić information content (AvgIpc) is 3.16. The summed E-state index contributed by atoms with van der Waals surface area (Å²) in [6.07, 6.45) is 3.03. The molecule has 0 bridgehead atoms. The number of hydrogen-bond donors (Lipinski definition) is 2. The van der Waals surface area contributed by atoms with Crippen molar-refractivity contribution >= 4 is 11.9 Å². The van der Waals surface area contributed by atoms with Crippen molar-refractivity contribution in [2.24, 2.45) is 16.7 Å². The van der Waals surface area contributed by atoms with Crippen LogP contribution in [0.2, 0.25) is 0 Å². The first-order valence-corrected chi connectivity index (χ1v) is 7.41. The summed E-state index contributed by atoms with van der Waals surface area (Å²) in [4.78, 5) is 23.1. The number of carboxylic acid groups (broad SMARTS) is 1. The Hall–Kier alpha value is -1.10.